The van der Waals surface area contributed by atoms with E-state index in [1.165, 1.54) is 0 Å². The molecule has 98 valence electrons. The maximum absolute atomic E-state index is 11.4. The Labute approximate surface area is 100 Å². The molecule has 0 aromatic rings. The second kappa shape index (κ2) is 7.03. The Morgan fingerprint density at radius 1 is 1.59 bits per heavy atom. The number of hydrogen-bond acceptors (Lipinski definition) is 4. The van der Waals surface area contributed by atoms with Crippen LogP contribution in [0.4, 0.5) is 0 Å². The molecule has 17 heavy (non-hydrogen) atoms. The van der Waals surface area contributed by atoms with Crippen molar-refractivity contribution >= 4 is 11.9 Å². The first-order valence-corrected chi connectivity index (χ1v) is 5.27. The van der Waals surface area contributed by atoms with E-state index in [0.717, 1.165) is 6.92 Å². The first-order valence-electron chi connectivity index (χ1n) is 5.27. The van der Waals surface area contributed by atoms with Gasteiger partial charge in [0.1, 0.15) is 6.10 Å². The molecule has 0 aliphatic carbocycles. The molecule has 0 fully saturated rings. The lowest BCUT2D eigenvalue weighted by Gasteiger charge is -2.20. The molecule has 6 nitrogen and oxygen atoms in total. The monoisotopic (exact) mass is 245 g/mol. The van der Waals surface area contributed by atoms with E-state index in [4.69, 9.17) is 9.84 Å². The highest BCUT2D eigenvalue weighted by molar-refractivity contribution is 5.82. The molecule has 2 unspecified atom stereocenters. The summed E-state index contributed by atoms with van der Waals surface area (Å²) in [5.74, 6) is -1.85. The van der Waals surface area contributed by atoms with Crippen molar-refractivity contribution < 1.29 is 24.5 Å². The van der Waals surface area contributed by atoms with E-state index < -0.39 is 23.6 Å². The number of hydrogen-bond donors (Lipinski definition) is 3. The fourth-order valence-electron chi connectivity index (χ4n) is 0.882. The summed E-state index contributed by atoms with van der Waals surface area (Å²) in [5, 5.41) is 20.3. The standard InChI is InChI=1S/C11H19NO5/c1-4-5-6-17-8(2)9(13)12-7-11(3,16)10(14)15/h4,8,16H,1,5-7H2,2-3H3,(H,12,13)(H,14,15). The Balaban J connectivity index is 4.00. The van der Waals surface area contributed by atoms with Crippen molar-refractivity contribution in [2.24, 2.45) is 0 Å². The van der Waals surface area contributed by atoms with Crippen LogP contribution in [0.5, 0.6) is 0 Å². The van der Waals surface area contributed by atoms with Gasteiger partial charge in [-0.3, -0.25) is 4.79 Å². The van der Waals surface area contributed by atoms with Crippen molar-refractivity contribution in [1.29, 1.82) is 0 Å². The second-order valence-electron chi connectivity index (χ2n) is 3.89. The number of nitrogens with one attached hydrogen (secondary N) is 1. The first kappa shape index (κ1) is 15.6. The van der Waals surface area contributed by atoms with Crippen LogP contribution in [0.1, 0.15) is 20.3 Å². The Bertz CT molecular complexity index is 288. The van der Waals surface area contributed by atoms with Gasteiger partial charge in [0.15, 0.2) is 5.60 Å². The number of carboxylic acids is 1. The van der Waals surface area contributed by atoms with Gasteiger partial charge >= 0.3 is 5.97 Å². The molecule has 0 aliphatic heterocycles. The van der Waals surface area contributed by atoms with Gasteiger partial charge in [-0.05, 0) is 20.3 Å². The van der Waals surface area contributed by atoms with Gasteiger partial charge in [-0.2, -0.15) is 0 Å². The van der Waals surface area contributed by atoms with Gasteiger partial charge in [0.2, 0.25) is 5.91 Å². The summed E-state index contributed by atoms with van der Waals surface area (Å²) in [6, 6.07) is 0. The average molecular weight is 245 g/mol. The molecule has 1 amide bonds. The summed E-state index contributed by atoms with van der Waals surface area (Å²) >= 11 is 0. The molecule has 3 N–H and O–H groups in total. The van der Waals surface area contributed by atoms with E-state index in [0.29, 0.717) is 13.0 Å². The summed E-state index contributed by atoms with van der Waals surface area (Å²) < 4.78 is 5.16. The molecular formula is C11H19NO5. The van der Waals surface area contributed by atoms with Crippen LogP contribution in [-0.2, 0) is 14.3 Å². The van der Waals surface area contributed by atoms with Gasteiger partial charge in [0.25, 0.3) is 0 Å². The molecule has 0 aromatic heterocycles. The third-order valence-corrected chi connectivity index (χ3v) is 2.13. The lowest BCUT2D eigenvalue weighted by molar-refractivity contribution is -0.156. The van der Waals surface area contributed by atoms with Crippen molar-refractivity contribution in [3.8, 4) is 0 Å². The minimum atomic E-state index is -1.98. The van der Waals surface area contributed by atoms with E-state index >= 15 is 0 Å². The van der Waals surface area contributed by atoms with E-state index in [2.05, 4.69) is 11.9 Å². The van der Waals surface area contributed by atoms with Crippen molar-refractivity contribution in [3.05, 3.63) is 12.7 Å². The number of amides is 1. The summed E-state index contributed by atoms with van der Waals surface area (Å²) in [6.45, 7) is 6.17. The van der Waals surface area contributed by atoms with Gasteiger partial charge in [0, 0.05) is 0 Å². The number of carbonyl (C=O) groups is 2. The number of carbonyl (C=O) groups excluding carboxylic acids is 1. The van der Waals surface area contributed by atoms with Crippen LogP contribution in [0.2, 0.25) is 0 Å². The van der Waals surface area contributed by atoms with Crippen molar-refractivity contribution in [1.82, 2.24) is 5.32 Å². The summed E-state index contributed by atoms with van der Waals surface area (Å²) in [5.41, 5.74) is -1.98. The van der Waals surface area contributed by atoms with Gasteiger partial charge in [-0.15, -0.1) is 6.58 Å². The van der Waals surface area contributed by atoms with E-state index in [-0.39, 0.29) is 6.54 Å². The molecule has 0 aromatic carbocycles. The number of aliphatic hydroxyl groups is 1. The van der Waals surface area contributed by atoms with Crippen LogP contribution < -0.4 is 5.32 Å². The summed E-state index contributed by atoms with van der Waals surface area (Å²) in [4.78, 5) is 22.0. The quantitative estimate of drug-likeness (QED) is 0.410. The first-order chi connectivity index (χ1) is 7.81. The highest BCUT2D eigenvalue weighted by Crippen LogP contribution is 2.01. The predicted molar refractivity (Wildman–Crippen MR) is 61.5 cm³/mol. The Kier molecular flexibility index (Phi) is 6.45. The Morgan fingerprint density at radius 3 is 2.65 bits per heavy atom. The van der Waals surface area contributed by atoms with E-state index in [9.17, 15) is 14.7 Å². The zero-order valence-electron chi connectivity index (χ0n) is 10.1. The maximum Gasteiger partial charge on any atom is 0.337 e. The number of carboxylic acid groups (broad SMARTS) is 1. The number of rotatable bonds is 8. The Morgan fingerprint density at radius 2 is 2.18 bits per heavy atom. The van der Waals surface area contributed by atoms with Gasteiger partial charge < -0.3 is 20.3 Å². The number of aliphatic carboxylic acids is 1. The number of ether oxygens (including phenoxy) is 1. The summed E-state index contributed by atoms with van der Waals surface area (Å²) in [6.07, 6.45) is 1.60. The average Bonchev–Trinajstić information content (AvgIpc) is 2.26. The summed E-state index contributed by atoms with van der Waals surface area (Å²) in [7, 11) is 0. The van der Waals surface area contributed by atoms with Gasteiger partial charge in [0.05, 0.1) is 13.2 Å². The second-order valence-corrected chi connectivity index (χ2v) is 3.89. The fourth-order valence-corrected chi connectivity index (χ4v) is 0.882. The van der Waals surface area contributed by atoms with E-state index in [1.54, 1.807) is 13.0 Å². The molecule has 0 spiro atoms. The molecule has 2 atom stereocenters. The van der Waals surface area contributed by atoms with Crippen LogP contribution >= 0.6 is 0 Å². The highest BCUT2D eigenvalue weighted by Gasteiger charge is 2.30. The smallest absolute Gasteiger partial charge is 0.337 e. The molecule has 0 aliphatic rings. The van der Waals surface area contributed by atoms with Crippen LogP contribution in [0, 0.1) is 0 Å². The van der Waals surface area contributed by atoms with Crippen LogP contribution in [0.3, 0.4) is 0 Å². The molecule has 6 heteroatoms. The Hall–Kier alpha value is -1.40. The minimum absolute atomic E-state index is 0.365. The van der Waals surface area contributed by atoms with Gasteiger partial charge in [-0.1, -0.05) is 6.08 Å². The topological polar surface area (TPSA) is 95.9 Å². The largest absolute Gasteiger partial charge is 0.479 e. The third-order valence-electron chi connectivity index (χ3n) is 2.13. The lowest BCUT2D eigenvalue weighted by atomic mass is 10.1. The predicted octanol–water partition coefficient (Wildman–Crippen LogP) is -0.0806. The molecule has 0 heterocycles. The highest BCUT2D eigenvalue weighted by atomic mass is 16.5. The van der Waals surface area contributed by atoms with Crippen LogP contribution in [0.15, 0.2) is 12.7 Å². The normalized spacial score (nSPS) is 15.7. The molecule has 0 saturated carbocycles. The zero-order valence-corrected chi connectivity index (χ0v) is 10.1. The lowest BCUT2D eigenvalue weighted by Crippen LogP contribution is -2.48. The molecule has 0 radical (unpaired) electrons. The molecule has 0 rings (SSSR count). The fraction of sp³-hybridized carbons (Fsp3) is 0.636. The third kappa shape index (κ3) is 6.03. The van der Waals surface area contributed by atoms with Crippen molar-refractivity contribution in [3.63, 3.8) is 0 Å². The molecule has 0 bridgehead atoms. The van der Waals surface area contributed by atoms with Crippen molar-refractivity contribution in [2.75, 3.05) is 13.2 Å². The zero-order chi connectivity index (χ0) is 13.5. The molecule has 0 saturated heterocycles. The molecular weight excluding hydrogens is 226 g/mol. The van der Waals surface area contributed by atoms with Gasteiger partial charge in [-0.25, -0.2) is 4.79 Å². The van der Waals surface area contributed by atoms with E-state index in [1.807, 2.05) is 0 Å². The van der Waals surface area contributed by atoms with Crippen LogP contribution in [0.25, 0.3) is 0 Å². The minimum Gasteiger partial charge on any atom is -0.479 e. The SMILES string of the molecule is C=CCCOC(C)C(=O)NCC(C)(O)C(=O)O. The van der Waals surface area contributed by atoms with Crippen molar-refractivity contribution in [2.45, 2.75) is 32.0 Å². The maximum atomic E-state index is 11.4. The van der Waals surface area contributed by atoms with Crippen LogP contribution in [-0.4, -0.2) is 46.9 Å².